The summed E-state index contributed by atoms with van der Waals surface area (Å²) in [6.45, 7) is 0.425. The van der Waals surface area contributed by atoms with Gasteiger partial charge in [-0.15, -0.1) is 0 Å². The van der Waals surface area contributed by atoms with E-state index in [4.69, 9.17) is 18.0 Å². The lowest BCUT2D eigenvalue weighted by atomic mass is 10.2. The van der Waals surface area contributed by atoms with E-state index in [0.29, 0.717) is 12.1 Å². The van der Waals surface area contributed by atoms with E-state index in [-0.39, 0.29) is 9.88 Å². The van der Waals surface area contributed by atoms with E-state index >= 15 is 0 Å². The topological polar surface area (TPSA) is 72.2 Å². The van der Waals surface area contributed by atoms with Crippen LogP contribution in [0.4, 0.5) is 0 Å². The van der Waals surface area contributed by atoms with Gasteiger partial charge in [-0.2, -0.15) is 11.8 Å². The number of thioether (sulfide) groups is 1. The second-order valence-electron chi connectivity index (χ2n) is 3.96. The molecule has 0 aromatic heterocycles. The predicted octanol–water partition coefficient (Wildman–Crippen LogP) is 1.74. The van der Waals surface area contributed by atoms with E-state index in [9.17, 15) is 8.42 Å². The molecule has 106 valence electrons. The zero-order chi connectivity index (χ0) is 14.3. The van der Waals surface area contributed by atoms with Crippen LogP contribution in [0.2, 0.25) is 0 Å². The molecular weight excluding hydrogens is 300 g/mol. The van der Waals surface area contributed by atoms with Crippen molar-refractivity contribution in [2.45, 2.75) is 17.7 Å². The van der Waals surface area contributed by atoms with Crippen LogP contribution in [-0.2, 0) is 10.0 Å². The summed E-state index contributed by atoms with van der Waals surface area (Å²) >= 11 is 6.62. The minimum Gasteiger partial charge on any atom is -0.389 e. The number of rotatable bonds is 8. The average Bonchev–Trinajstić information content (AvgIpc) is 2.38. The first-order chi connectivity index (χ1) is 8.99. The molecule has 3 N–H and O–H groups in total. The highest BCUT2D eigenvalue weighted by Crippen LogP contribution is 2.15. The van der Waals surface area contributed by atoms with E-state index in [1.807, 2.05) is 6.26 Å². The lowest BCUT2D eigenvalue weighted by molar-refractivity contribution is 0.578. The first-order valence-electron chi connectivity index (χ1n) is 5.86. The van der Waals surface area contributed by atoms with E-state index in [1.165, 1.54) is 6.07 Å². The Morgan fingerprint density at radius 1 is 1.37 bits per heavy atom. The van der Waals surface area contributed by atoms with Crippen LogP contribution in [0.3, 0.4) is 0 Å². The Morgan fingerprint density at radius 3 is 2.68 bits per heavy atom. The van der Waals surface area contributed by atoms with Crippen LogP contribution in [0.5, 0.6) is 0 Å². The van der Waals surface area contributed by atoms with Crippen molar-refractivity contribution >= 4 is 39.0 Å². The predicted molar refractivity (Wildman–Crippen MR) is 85.1 cm³/mol. The van der Waals surface area contributed by atoms with Crippen molar-refractivity contribution in [3.63, 3.8) is 0 Å². The monoisotopic (exact) mass is 318 g/mol. The van der Waals surface area contributed by atoms with Crippen molar-refractivity contribution in [2.24, 2.45) is 5.73 Å². The largest absolute Gasteiger partial charge is 0.389 e. The number of unbranched alkanes of at least 4 members (excludes halogenated alkanes) is 1. The fourth-order valence-electron chi connectivity index (χ4n) is 1.56. The average molecular weight is 318 g/mol. The summed E-state index contributed by atoms with van der Waals surface area (Å²) in [4.78, 5) is 0.232. The standard InChI is InChI=1S/C12H18N2O2S3/c1-18-9-5-4-8-14-19(15,16)11-7-3-2-6-10(11)12(13)17/h2-3,6-7,14H,4-5,8-9H2,1H3,(H2,13,17). The van der Waals surface area contributed by atoms with E-state index < -0.39 is 10.0 Å². The van der Waals surface area contributed by atoms with Gasteiger partial charge in [-0.25, -0.2) is 13.1 Å². The molecule has 0 aliphatic carbocycles. The first kappa shape index (κ1) is 16.4. The number of hydrogen-bond donors (Lipinski definition) is 2. The molecule has 0 atom stereocenters. The number of nitrogens with one attached hydrogen (secondary N) is 1. The minimum absolute atomic E-state index is 0.0864. The number of hydrogen-bond acceptors (Lipinski definition) is 4. The van der Waals surface area contributed by atoms with Crippen LogP contribution in [0.1, 0.15) is 18.4 Å². The fraction of sp³-hybridized carbons (Fsp3) is 0.417. The first-order valence-corrected chi connectivity index (χ1v) is 9.15. The molecule has 0 fully saturated rings. The van der Waals surface area contributed by atoms with E-state index in [2.05, 4.69) is 4.72 Å². The van der Waals surface area contributed by atoms with Crippen molar-refractivity contribution < 1.29 is 8.42 Å². The number of thiocarbonyl (C=S) groups is 1. The molecule has 19 heavy (non-hydrogen) atoms. The molecule has 0 spiro atoms. The Labute approximate surface area is 124 Å². The van der Waals surface area contributed by atoms with Crippen molar-refractivity contribution in [2.75, 3.05) is 18.6 Å². The summed E-state index contributed by atoms with van der Waals surface area (Å²) in [5, 5.41) is 0. The molecular formula is C12H18N2O2S3. The van der Waals surface area contributed by atoms with Crippen LogP contribution < -0.4 is 10.5 Å². The van der Waals surface area contributed by atoms with Gasteiger partial charge in [0.05, 0.1) is 4.90 Å². The van der Waals surface area contributed by atoms with Gasteiger partial charge in [-0.05, 0) is 30.9 Å². The number of benzene rings is 1. The van der Waals surface area contributed by atoms with E-state index in [1.54, 1.807) is 30.0 Å². The van der Waals surface area contributed by atoms with Gasteiger partial charge in [0.2, 0.25) is 10.0 Å². The summed E-state index contributed by atoms with van der Waals surface area (Å²) in [6, 6.07) is 6.50. The molecule has 0 aliphatic heterocycles. The molecule has 1 aromatic rings. The summed E-state index contributed by atoms with van der Waals surface area (Å²) in [6.07, 6.45) is 3.83. The fourth-order valence-corrected chi connectivity index (χ4v) is 3.59. The van der Waals surface area contributed by atoms with Crippen LogP contribution >= 0.6 is 24.0 Å². The summed E-state index contributed by atoms with van der Waals surface area (Å²) in [7, 11) is -3.55. The Kier molecular flexibility index (Phi) is 6.78. The molecule has 0 saturated carbocycles. The third-order valence-corrected chi connectivity index (χ3v) is 4.95. The van der Waals surface area contributed by atoms with Crippen molar-refractivity contribution in [1.29, 1.82) is 0 Å². The smallest absolute Gasteiger partial charge is 0.241 e. The molecule has 0 saturated heterocycles. The zero-order valence-electron chi connectivity index (χ0n) is 10.8. The number of sulfonamides is 1. The summed E-state index contributed by atoms with van der Waals surface area (Å²) in [5.74, 6) is 1.03. The van der Waals surface area contributed by atoms with Gasteiger partial charge in [0.1, 0.15) is 4.99 Å². The zero-order valence-corrected chi connectivity index (χ0v) is 13.2. The third kappa shape index (κ3) is 5.10. The lowest BCUT2D eigenvalue weighted by Gasteiger charge is -2.10. The molecule has 0 bridgehead atoms. The second-order valence-corrected chi connectivity index (χ2v) is 7.12. The summed E-state index contributed by atoms with van der Waals surface area (Å²) < 4.78 is 26.9. The highest BCUT2D eigenvalue weighted by atomic mass is 32.2. The van der Waals surface area contributed by atoms with Gasteiger partial charge in [0.15, 0.2) is 0 Å². The maximum absolute atomic E-state index is 12.2. The highest BCUT2D eigenvalue weighted by molar-refractivity contribution is 7.98. The van der Waals surface area contributed by atoms with Gasteiger partial charge in [-0.1, -0.05) is 30.4 Å². The molecule has 0 heterocycles. The molecule has 4 nitrogen and oxygen atoms in total. The quantitative estimate of drug-likeness (QED) is 0.564. The molecule has 1 rings (SSSR count). The van der Waals surface area contributed by atoms with Gasteiger partial charge in [-0.3, -0.25) is 0 Å². The normalized spacial score (nSPS) is 11.4. The van der Waals surface area contributed by atoms with Crippen molar-refractivity contribution in [3.05, 3.63) is 29.8 Å². The van der Waals surface area contributed by atoms with Gasteiger partial charge in [0, 0.05) is 12.1 Å². The maximum Gasteiger partial charge on any atom is 0.241 e. The number of nitrogens with two attached hydrogens (primary N) is 1. The van der Waals surface area contributed by atoms with Crippen LogP contribution in [0.25, 0.3) is 0 Å². The van der Waals surface area contributed by atoms with Crippen LogP contribution in [-0.4, -0.2) is 32.0 Å². The second kappa shape index (κ2) is 7.84. The highest BCUT2D eigenvalue weighted by Gasteiger charge is 2.18. The lowest BCUT2D eigenvalue weighted by Crippen LogP contribution is -2.27. The molecule has 0 aliphatic rings. The summed E-state index contributed by atoms with van der Waals surface area (Å²) in [5.41, 5.74) is 5.93. The van der Waals surface area contributed by atoms with Gasteiger partial charge < -0.3 is 5.73 Å². The van der Waals surface area contributed by atoms with Crippen molar-refractivity contribution in [3.8, 4) is 0 Å². The Balaban J connectivity index is 2.75. The van der Waals surface area contributed by atoms with Crippen molar-refractivity contribution in [1.82, 2.24) is 4.72 Å². The van der Waals surface area contributed by atoms with Gasteiger partial charge >= 0.3 is 0 Å². The SMILES string of the molecule is CSCCCCNS(=O)(=O)c1ccccc1C(N)=S. The molecule has 1 aromatic carbocycles. The Hall–Kier alpha value is -0.630. The molecule has 7 heteroatoms. The minimum atomic E-state index is -3.55. The van der Waals surface area contributed by atoms with Crippen LogP contribution in [0.15, 0.2) is 29.2 Å². The van der Waals surface area contributed by atoms with Gasteiger partial charge in [0.25, 0.3) is 0 Å². The van der Waals surface area contributed by atoms with Crippen LogP contribution in [0, 0.1) is 0 Å². The Morgan fingerprint density at radius 2 is 2.05 bits per heavy atom. The Bertz CT molecular complexity index is 530. The molecule has 0 radical (unpaired) electrons. The molecule has 0 amide bonds. The van der Waals surface area contributed by atoms with E-state index in [0.717, 1.165) is 18.6 Å². The molecule has 0 unspecified atom stereocenters. The maximum atomic E-state index is 12.2. The third-order valence-electron chi connectivity index (χ3n) is 2.51.